The number of carbonyl (C=O) groups excluding carboxylic acids is 1. The molecule has 0 radical (unpaired) electrons. The Kier molecular flexibility index (Phi) is 5.52. The zero-order valence-electron chi connectivity index (χ0n) is 15.0. The number of amides is 1. The topological polar surface area (TPSA) is 99.6 Å². The lowest BCUT2D eigenvalue weighted by molar-refractivity contribution is 0.0997. The van der Waals surface area contributed by atoms with Crippen molar-refractivity contribution in [2.75, 3.05) is 6.26 Å². The molecule has 0 spiro atoms. The molecule has 2 N–H and O–H groups in total. The van der Waals surface area contributed by atoms with Crippen LogP contribution in [0, 0.1) is 6.92 Å². The standard InChI is InChI=1S/C17H14N6OS.CH4S/c1-9-15(25-17(21-9)10-6-19-8-20-7-10)12-5-13-11(3-4-23(13)2)14(22-12)16(18)24;1-2/h3-8H,1-2H3,(H2,18,24);2H,1H3. The molecule has 0 bridgehead atoms. The summed E-state index contributed by atoms with van der Waals surface area (Å²) in [6, 6.07) is 3.80. The average Bonchev–Trinajstić information content (AvgIpc) is 3.26. The van der Waals surface area contributed by atoms with Crippen LogP contribution >= 0.6 is 24.0 Å². The number of nitrogens with zero attached hydrogens (tertiary/aromatic N) is 5. The maximum absolute atomic E-state index is 11.8. The van der Waals surface area contributed by atoms with Gasteiger partial charge >= 0.3 is 0 Å². The number of primary amides is 1. The quantitative estimate of drug-likeness (QED) is 0.517. The van der Waals surface area contributed by atoms with Crippen LogP contribution in [0.3, 0.4) is 0 Å². The highest BCUT2D eigenvalue weighted by atomic mass is 32.1. The van der Waals surface area contributed by atoms with Crippen molar-refractivity contribution >= 4 is 40.8 Å². The van der Waals surface area contributed by atoms with Crippen molar-refractivity contribution in [3.05, 3.63) is 48.4 Å². The molecule has 0 aliphatic rings. The maximum atomic E-state index is 11.8. The number of nitrogens with two attached hydrogens (primary N) is 1. The number of aromatic nitrogens is 5. The molecule has 138 valence electrons. The van der Waals surface area contributed by atoms with Gasteiger partial charge in [-0.2, -0.15) is 12.6 Å². The Hall–Kier alpha value is -2.78. The van der Waals surface area contributed by atoms with Crippen molar-refractivity contribution in [3.8, 4) is 21.1 Å². The summed E-state index contributed by atoms with van der Waals surface area (Å²) in [4.78, 5) is 29.9. The molecule has 0 fully saturated rings. The summed E-state index contributed by atoms with van der Waals surface area (Å²) < 4.78 is 1.94. The van der Waals surface area contributed by atoms with Gasteiger partial charge in [0.2, 0.25) is 0 Å². The molecule has 0 atom stereocenters. The normalized spacial score (nSPS) is 10.5. The van der Waals surface area contributed by atoms with E-state index in [1.54, 1.807) is 18.6 Å². The van der Waals surface area contributed by atoms with Crippen molar-refractivity contribution in [2.45, 2.75) is 6.92 Å². The van der Waals surface area contributed by atoms with Crippen molar-refractivity contribution in [3.63, 3.8) is 0 Å². The maximum Gasteiger partial charge on any atom is 0.268 e. The van der Waals surface area contributed by atoms with Gasteiger partial charge in [-0.3, -0.25) is 4.79 Å². The Morgan fingerprint density at radius 1 is 1.22 bits per heavy atom. The summed E-state index contributed by atoms with van der Waals surface area (Å²) in [5.74, 6) is -0.545. The second-order valence-electron chi connectivity index (χ2n) is 5.64. The van der Waals surface area contributed by atoms with Crippen LogP contribution in [0.25, 0.3) is 32.0 Å². The van der Waals surface area contributed by atoms with E-state index in [1.807, 2.05) is 36.9 Å². The summed E-state index contributed by atoms with van der Waals surface area (Å²) in [6.45, 7) is 1.92. The molecule has 4 heterocycles. The van der Waals surface area contributed by atoms with Gasteiger partial charge in [-0.1, -0.05) is 0 Å². The van der Waals surface area contributed by atoms with Gasteiger partial charge in [-0.15, -0.1) is 11.3 Å². The van der Waals surface area contributed by atoms with Crippen LogP contribution in [-0.4, -0.2) is 36.7 Å². The Labute approximate surface area is 165 Å². The third kappa shape index (κ3) is 3.56. The second-order valence-corrected chi connectivity index (χ2v) is 6.64. The number of thiol groups is 1. The molecule has 0 aliphatic carbocycles. The van der Waals surface area contributed by atoms with Gasteiger partial charge in [0.15, 0.2) is 0 Å². The van der Waals surface area contributed by atoms with Crippen LogP contribution in [0.1, 0.15) is 16.2 Å². The SMILES string of the molecule is CS.Cc1nc(-c2cncnc2)sc1-c1cc2c(ccn2C)c(C(N)=O)n1. The Balaban J connectivity index is 0.00000102. The number of hydrogen-bond donors (Lipinski definition) is 2. The van der Waals surface area contributed by atoms with E-state index in [0.29, 0.717) is 5.69 Å². The van der Waals surface area contributed by atoms with E-state index in [1.165, 1.54) is 17.7 Å². The monoisotopic (exact) mass is 398 g/mol. The molecule has 0 unspecified atom stereocenters. The van der Waals surface area contributed by atoms with E-state index in [9.17, 15) is 4.79 Å². The van der Waals surface area contributed by atoms with E-state index in [2.05, 4.69) is 32.6 Å². The number of thiazole rings is 1. The first kappa shape index (κ1) is 19.0. The molecule has 27 heavy (non-hydrogen) atoms. The van der Waals surface area contributed by atoms with Crippen molar-refractivity contribution < 1.29 is 4.79 Å². The molecule has 9 heteroatoms. The van der Waals surface area contributed by atoms with Crippen LogP contribution in [0.4, 0.5) is 0 Å². The fourth-order valence-corrected chi connectivity index (χ4v) is 3.74. The highest BCUT2D eigenvalue weighted by molar-refractivity contribution is 7.79. The Morgan fingerprint density at radius 2 is 1.93 bits per heavy atom. The number of aryl methyl sites for hydroxylation is 2. The largest absolute Gasteiger partial charge is 0.364 e. The minimum atomic E-state index is -0.545. The molecule has 0 aromatic carbocycles. The molecule has 1 amide bonds. The van der Waals surface area contributed by atoms with E-state index < -0.39 is 5.91 Å². The van der Waals surface area contributed by atoms with Crippen LogP contribution in [0.5, 0.6) is 0 Å². The second kappa shape index (κ2) is 7.85. The van der Waals surface area contributed by atoms with Gasteiger partial charge in [0.1, 0.15) is 17.0 Å². The third-order valence-corrected chi connectivity index (χ3v) is 5.18. The predicted molar refractivity (Wildman–Crippen MR) is 111 cm³/mol. The van der Waals surface area contributed by atoms with Gasteiger partial charge in [0.25, 0.3) is 5.91 Å². The summed E-state index contributed by atoms with van der Waals surface area (Å²) >= 11 is 5.02. The predicted octanol–water partition coefficient (Wildman–Crippen LogP) is 3.11. The summed E-state index contributed by atoms with van der Waals surface area (Å²) in [7, 11) is 1.92. The first-order chi connectivity index (χ1) is 13.0. The Morgan fingerprint density at radius 3 is 2.59 bits per heavy atom. The van der Waals surface area contributed by atoms with Gasteiger partial charge in [0.05, 0.1) is 21.8 Å². The lowest BCUT2D eigenvalue weighted by atomic mass is 10.1. The van der Waals surface area contributed by atoms with E-state index in [0.717, 1.165) is 32.0 Å². The van der Waals surface area contributed by atoms with Crippen molar-refractivity contribution in [1.82, 2.24) is 24.5 Å². The first-order valence-corrected chi connectivity index (χ1v) is 9.69. The molecule has 0 saturated carbocycles. The van der Waals surface area contributed by atoms with Crippen LogP contribution in [-0.2, 0) is 7.05 Å². The molecular weight excluding hydrogens is 380 g/mol. The van der Waals surface area contributed by atoms with E-state index >= 15 is 0 Å². The van der Waals surface area contributed by atoms with E-state index in [-0.39, 0.29) is 5.69 Å². The fourth-order valence-electron chi connectivity index (χ4n) is 2.74. The lowest BCUT2D eigenvalue weighted by Gasteiger charge is -2.05. The van der Waals surface area contributed by atoms with Gasteiger partial charge < -0.3 is 10.3 Å². The molecule has 7 nitrogen and oxygen atoms in total. The average molecular weight is 399 g/mol. The zero-order chi connectivity index (χ0) is 19.6. The minimum absolute atomic E-state index is 0.269. The molecule has 4 aromatic heterocycles. The molecule has 0 aliphatic heterocycles. The minimum Gasteiger partial charge on any atom is -0.364 e. The van der Waals surface area contributed by atoms with E-state index in [4.69, 9.17) is 5.73 Å². The smallest absolute Gasteiger partial charge is 0.268 e. The first-order valence-electron chi connectivity index (χ1n) is 7.98. The Bertz CT molecular complexity index is 1100. The summed E-state index contributed by atoms with van der Waals surface area (Å²) in [6.07, 6.45) is 8.50. The number of carbonyl (C=O) groups is 1. The molecule has 4 aromatic rings. The highest BCUT2D eigenvalue weighted by Crippen LogP contribution is 2.35. The number of rotatable bonds is 3. The highest BCUT2D eigenvalue weighted by Gasteiger charge is 2.18. The van der Waals surface area contributed by atoms with Crippen LogP contribution in [0.2, 0.25) is 0 Å². The number of hydrogen-bond acceptors (Lipinski definition) is 7. The number of fused-ring (bicyclic) bond motifs is 1. The van der Waals surface area contributed by atoms with Gasteiger partial charge in [-0.05, 0) is 25.3 Å². The molecule has 4 rings (SSSR count). The molecule has 0 saturated heterocycles. The molecular formula is C18H18N6OS2. The summed E-state index contributed by atoms with van der Waals surface area (Å²) in [5, 5.41) is 1.56. The number of pyridine rings is 1. The van der Waals surface area contributed by atoms with Crippen LogP contribution in [0.15, 0.2) is 37.1 Å². The van der Waals surface area contributed by atoms with Crippen molar-refractivity contribution in [1.29, 1.82) is 0 Å². The van der Waals surface area contributed by atoms with Gasteiger partial charge in [-0.25, -0.2) is 19.9 Å². The third-order valence-electron chi connectivity index (χ3n) is 3.95. The summed E-state index contributed by atoms with van der Waals surface area (Å²) in [5.41, 5.74) is 9.06. The van der Waals surface area contributed by atoms with Crippen molar-refractivity contribution in [2.24, 2.45) is 12.8 Å². The zero-order valence-corrected chi connectivity index (χ0v) is 16.8. The fraction of sp³-hybridized carbons (Fsp3) is 0.167. The van der Waals surface area contributed by atoms with Crippen LogP contribution < -0.4 is 5.73 Å². The van der Waals surface area contributed by atoms with Gasteiger partial charge in [0, 0.05) is 36.6 Å². The lowest BCUT2D eigenvalue weighted by Crippen LogP contribution is -2.14.